The van der Waals surface area contributed by atoms with E-state index >= 15 is 0 Å². The van der Waals surface area contributed by atoms with Gasteiger partial charge in [-0.3, -0.25) is 4.98 Å². The van der Waals surface area contributed by atoms with E-state index in [1.807, 2.05) is 0 Å². The molecule has 0 amide bonds. The first kappa shape index (κ1) is 12.4. The highest BCUT2D eigenvalue weighted by molar-refractivity contribution is 5.17. The van der Waals surface area contributed by atoms with Gasteiger partial charge in [-0.1, -0.05) is 6.07 Å². The summed E-state index contributed by atoms with van der Waals surface area (Å²) < 4.78 is 38.9. The van der Waals surface area contributed by atoms with Crippen LogP contribution < -0.4 is 5.32 Å². The highest BCUT2D eigenvalue weighted by Gasteiger charge is 2.31. The van der Waals surface area contributed by atoms with Gasteiger partial charge < -0.3 is 5.32 Å². The lowest BCUT2D eigenvalue weighted by Crippen LogP contribution is -2.40. The fourth-order valence-corrected chi connectivity index (χ4v) is 2.09. The third kappa shape index (κ3) is 3.19. The fourth-order valence-electron chi connectivity index (χ4n) is 2.09. The number of halogens is 3. The van der Waals surface area contributed by atoms with Crippen molar-refractivity contribution in [3.05, 3.63) is 29.6 Å². The Bertz CT molecular complexity index is 359. The van der Waals surface area contributed by atoms with Crippen molar-refractivity contribution in [3.63, 3.8) is 0 Å². The van der Waals surface area contributed by atoms with Gasteiger partial charge in [0.05, 0.1) is 0 Å². The fraction of sp³-hybridized carbons (Fsp3) is 0.583. The van der Waals surface area contributed by atoms with E-state index in [0.29, 0.717) is 31.5 Å². The Balaban J connectivity index is 2.03. The molecule has 94 valence electrons. The zero-order valence-corrected chi connectivity index (χ0v) is 9.43. The highest BCUT2D eigenvalue weighted by Crippen LogP contribution is 2.28. The van der Waals surface area contributed by atoms with Gasteiger partial charge in [-0.25, -0.2) is 13.2 Å². The third-order valence-electron chi connectivity index (χ3n) is 3.09. The van der Waals surface area contributed by atoms with Gasteiger partial charge in [0, 0.05) is 12.6 Å². The van der Waals surface area contributed by atoms with Gasteiger partial charge in [0.1, 0.15) is 11.4 Å². The van der Waals surface area contributed by atoms with Gasteiger partial charge in [-0.2, -0.15) is 0 Å². The molecule has 5 heteroatoms. The number of piperidine rings is 1. The van der Waals surface area contributed by atoms with Gasteiger partial charge in [-0.05, 0) is 37.6 Å². The Morgan fingerprint density at radius 1 is 1.29 bits per heavy atom. The minimum absolute atomic E-state index is 0.255. The van der Waals surface area contributed by atoms with E-state index in [2.05, 4.69) is 10.3 Å². The zero-order valence-electron chi connectivity index (χ0n) is 9.43. The summed E-state index contributed by atoms with van der Waals surface area (Å²) in [6.45, 7) is 1.33. The van der Waals surface area contributed by atoms with Gasteiger partial charge >= 0.3 is 0 Å². The van der Waals surface area contributed by atoms with Gasteiger partial charge in [0.25, 0.3) is 6.43 Å². The average Bonchev–Trinajstić information content (AvgIpc) is 2.30. The van der Waals surface area contributed by atoms with Crippen molar-refractivity contribution >= 4 is 0 Å². The molecule has 0 saturated carbocycles. The molecule has 0 spiro atoms. The van der Waals surface area contributed by atoms with Crippen LogP contribution in [0.2, 0.25) is 0 Å². The van der Waals surface area contributed by atoms with E-state index in [0.717, 1.165) is 0 Å². The smallest absolute Gasteiger partial charge is 0.280 e. The molecular weight excluding hydrogens is 229 g/mol. The topological polar surface area (TPSA) is 24.9 Å². The molecule has 1 aromatic heterocycles. The Hall–Kier alpha value is -1.10. The zero-order chi connectivity index (χ0) is 12.3. The minimum atomic E-state index is -2.57. The molecule has 0 atom stereocenters. The van der Waals surface area contributed by atoms with Gasteiger partial charge in [0.15, 0.2) is 0 Å². The predicted molar refractivity (Wildman–Crippen MR) is 58.8 cm³/mol. The molecule has 1 aliphatic heterocycles. The van der Waals surface area contributed by atoms with Gasteiger partial charge in [-0.15, -0.1) is 0 Å². The molecule has 2 nitrogen and oxygen atoms in total. The number of hydrogen-bond donors (Lipinski definition) is 1. The lowest BCUT2D eigenvalue weighted by atomic mass is 9.88. The quantitative estimate of drug-likeness (QED) is 0.884. The molecular formula is C12H15F3N2. The average molecular weight is 244 g/mol. The number of nitrogens with one attached hydrogen (secondary N) is 1. The van der Waals surface area contributed by atoms with Crippen LogP contribution in [0.3, 0.4) is 0 Å². The number of nitrogens with zero attached hydrogens (tertiary/aromatic N) is 1. The van der Waals surface area contributed by atoms with E-state index < -0.39 is 12.1 Å². The maximum absolute atomic E-state index is 14.3. The van der Waals surface area contributed by atoms with E-state index in [4.69, 9.17) is 0 Å². The molecule has 17 heavy (non-hydrogen) atoms. The second-order valence-electron chi connectivity index (χ2n) is 4.47. The molecule has 0 unspecified atom stereocenters. The SMILES string of the molecule is FC(F)c1ccc(CC2(F)CCNCC2)cn1. The van der Waals surface area contributed by atoms with Crippen LogP contribution in [0.1, 0.15) is 30.5 Å². The van der Waals surface area contributed by atoms with Crippen LogP contribution >= 0.6 is 0 Å². The van der Waals surface area contributed by atoms with Gasteiger partial charge in [0.2, 0.25) is 0 Å². The van der Waals surface area contributed by atoms with Crippen LogP contribution in [0.15, 0.2) is 18.3 Å². The van der Waals surface area contributed by atoms with Crippen LogP contribution in [0.5, 0.6) is 0 Å². The summed E-state index contributed by atoms with van der Waals surface area (Å²) >= 11 is 0. The Kier molecular flexibility index (Phi) is 3.66. The summed E-state index contributed by atoms with van der Waals surface area (Å²) in [5.74, 6) is 0. The highest BCUT2D eigenvalue weighted by atomic mass is 19.3. The first-order chi connectivity index (χ1) is 8.09. The van der Waals surface area contributed by atoms with E-state index in [1.165, 1.54) is 18.3 Å². The molecule has 1 aromatic rings. The number of alkyl halides is 3. The van der Waals surface area contributed by atoms with Crippen molar-refractivity contribution in [2.24, 2.45) is 0 Å². The maximum Gasteiger partial charge on any atom is 0.280 e. The minimum Gasteiger partial charge on any atom is -0.316 e. The second kappa shape index (κ2) is 5.04. The monoisotopic (exact) mass is 244 g/mol. The summed E-state index contributed by atoms with van der Waals surface area (Å²) in [4.78, 5) is 3.64. The van der Waals surface area contributed by atoms with Crippen LogP contribution in [0, 0.1) is 0 Å². The van der Waals surface area contributed by atoms with Crippen LogP contribution in [-0.4, -0.2) is 23.7 Å². The Labute approximate surface area is 98.2 Å². The summed E-state index contributed by atoms with van der Waals surface area (Å²) in [5.41, 5.74) is -0.801. The lowest BCUT2D eigenvalue weighted by molar-refractivity contribution is 0.116. The molecule has 1 saturated heterocycles. The third-order valence-corrected chi connectivity index (χ3v) is 3.09. The van der Waals surface area contributed by atoms with Crippen molar-refractivity contribution in [1.29, 1.82) is 0 Å². The Morgan fingerprint density at radius 2 is 2.00 bits per heavy atom. The largest absolute Gasteiger partial charge is 0.316 e. The number of aromatic nitrogens is 1. The van der Waals surface area contributed by atoms with Crippen LogP contribution in [-0.2, 0) is 6.42 Å². The molecule has 2 rings (SSSR count). The molecule has 0 aliphatic carbocycles. The molecule has 1 aliphatic rings. The van der Waals surface area contributed by atoms with Crippen LogP contribution in [0.4, 0.5) is 13.2 Å². The number of pyridine rings is 1. The molecule has 0 aromatic carbocycles. The summed E-state index contributed by atoms with van der Waals surface area (Å²) in [6, 6.07) is 2.81. The molecule has 0 radical (unpaired) electrons. The van der Waals surface area contributed by atoms with Crippen molar-refractivity contribution in [2.45, 2.75) is 31.4 Å². The van der Waals surface area contributed by atoms with Crippen molar-refractivity contribution < 1.29 is 13.2 Å². The van der Waals surface area contributed by atoms with Crippen molar-refractivity contribution in [1.82, 2.24) is 10.3 Å². The van der Waals surface area contributed by atoms with E-state index in [9.17, 15) is 13.2 Å². The molecule has 0 bridgehead atoms. The standard InChI is InChI=1S/C12H15F3N2/c13-11(14)10-2-1-9(8-17-10)7-12(15)3-5-16-6-4-12/h1-2,8,11,16H,3-7H2. The predicted octanol–water partition coefficient (Wildman–Crippen LogP) is 2.65. The summed E-state index contributed by atoms with van der Waals surface area (Å²) in [5, 5.41) is 3.09. The van der Waals surface area contributed by atoms with Crippen LogP contribution in [0.25, 0.3) is 0 Å². The molecule has 1 fully saturated rings. The normalized spacial score (nSPS) is 19.5. The van der Waals surface area contributed by atoms with Crippen molar-refractivity contribution in [2.75, 3.05) is 13.1 Å². The van der Waals surface area contributed by atoms with E-state index in [-0.39, 0.29) is 12.1 Å². The molecule has 2 heterocycles. The maximum atomic E-state index is 14.3. The lowest BCUT2D eigenvalue weighted by Gasteiger charge is -2.30. The first-order valence-electron chi connectivity index (χ1n) is 5.72. The van der Waals surface area contributed by atoms with Crippen molar-refractivity contribution in [3.8, 4) is 0 Å². The van der Waals surface area contributed by atoms with E-state index in [1.54, 1.807) is 0 Å². The Morgan fingerprint density at radius 3 is 2.53 bits per heavy atom. The summed E-state index contributed by atoms with van der Waals surface area (Å²) in [6.07, 6.45) is -0.0363. The number of hydrogen-bond acceptors (Lipinski definition) is 2. The molecule has 1 N–H and O–H groups in total. The second-order valence-corrected chi connectivity index (χ2v) is 4.47. The first-order valence-corrected chi connectivity index (χ1v) is 5.72. The summed E-state index contributed by atoms with van der Waals surface area (Å²) in [7, 11) is 0. The number of rotatable bonds is 3.